The quantitative estimate of drug-likeness (QED) is 0.747. The number of nitrogens with one attached hydrogen (secondary N) is 1. The van der Waals surface area contributed by atoms with Crippen molar-refractivity contribution in [2.75, 3.05) is 11.9 Å². The molecule has 0 aromatic heterocycles. The minimum Gasteiger partial charge on any atom is -0.385 e. The molecule has 0 unspecified atom stereocenters. The third kappa shape index (κ3) is 6.35. The molecular formula is C16H27NOS. The van der Waals surface area contributed by atoms with Gasteiger partial charge < -0.3 is 10.1 Å². The Morgan fingerprint density at radius 2 is 1.89 bits per heavy atom. The van der Waals surface area contributed by atoms with Gasteiger partial charge in [0.15, 0.2) is 0 Å². The van der Waals surface area contributed by atoms with Crippen LogP contribution >= 0.6 is 11.8 Å². The smallest absolute Gasteiger partial charge is 0.0724 e. The summed E-state index contributed by atoms with van der Waals surface area (Å²) in [7, 11) is 0. The Morgan fingerprint density at radius 1 is 1.16 bits per heavy atom. The summed E-state index contributed by atoms with van der Waals surface area (Å²) in [4.78, 5) is 0. The summed E-state index contributed by atoms with van der Waals surface area (Å²) < 4.78 is 5.77. The molecule has 0 aliphatic carbocycles. The third-order valence-corrected chi connectivity index (χ3v) is 3.88. The van der Waals surface area contributed by atoms with E-state index in [-0.39, 0.29) is 6.10 Å². The standard InChI is InChI=1S/C16H27NOS/c1-6-17-16-8-7-14(11-19-13(4)5)15(9-16)10-18-12(2)3/h7-9,12-13,17H,6,10-11H2,1-5H3. The molecule has 0 radical (unpaired) electrons. The number of rotatable bonds is 8. The monoisotopic (exact) mass is 281 g/mol. The molecule has 19 heavy (non-hydrogen) atoms. The van der Waals surface area contributed by atoms with Gasteiger partial charge in [0.25, 0.3) is 0 Å². The van der Waals surface area contributed by atoms with Gasteiger partial charge in [0.2, 0.25) is 0 Å². The lowest BCUT2D eigenvalue weighted by Gasteiger charge is -2.15. The van der Waals surface area contributed by atoms with Gasteiger partial charge in [-0.3, -0.25) is 0 Å². The Hall–Kier alpha value is -0.670. The summed E-state index contributed by atoms with van der Waals surface area (Å²) in [6.07, 6.45) is 0.272. The molecule has 0 amide bonds. The van der Waals surface area contributed by atoms with Gasteiger partial charge in [-0.25, -0.2) is 0 Å². The first-order chi connectivity index (χ1) is 9.02. The third-order valence-electron chi connectivity index (χ3n) is 2.73. The first kappa shape index (κ1) is 16.4. The van der Waals surface area contributed by atoms with Crippen molar-refractivity contribution in [3.63, 3.8) is 0 Å². The molecule has 108 valence electrons. The molecule has 0 heterocycles. The maximum absolute atomic E-state index is 5.77. The highest BCUT2D eigenvalue weighted by Gasteiger charge is 2.07. The average Bonchev–Trinajstić information content (AvgIpc) is 2.35. The summed E-state index contributed by atoms with van der Waals surface area (Å²) in [5.41, 5.74) is 3.88. The molecule has 2 nitrogen and oxygen atoms in total. The maximum atomic E-state index is 5.77. The molecule has 0 saturated heterocycles. The topological polar surface area (TPSA) is 21.3 Å². The van der Waals surface area contributed by atoms with Crippen LogP contribution in [0.3, 0.4) is 0 Å². The highest BCUT2D eigenvalue weighted by Crippen LogP contribution is 2.24. The van der Waals surface area contributed by atoms with Crippen LogP contribution < -0.4 is 5.32 Å². The SMILES string of the molecule is CCNc1ccc(CSC(C)C)c(COC(C)C)c1. The fourth-order valence-electron chi connectivity index (χ4n) is 1.73. The zero-order valence-electron chi connectivity index (χ0n) is 12.8. The van der Waals surface area contributed by atoms with Crippen molar-refractivity contribution in [2.45, 2.75) is 58.3 Å². The van der Waals surface area contributed by atoms with E-state index >= 15 is 0 Å². The second-order valence-electron chi connectivity index (χ2n) is 5.23. The number of hydrogen-bond acceptors (Lipinski definition) is 3. The predicted octanol–water partition coefficient (Wildman–Crippen LogP) is 4.69. The fourth-order valence-corrected chi connectivity index (χ4v) is 2.52. The van der Waals surface area contributed by atoms with Crippen molar-refractivity contribution in [1.29, 1.82) is 0 Å². The van der Waals surface area contributed by atoms with Gasteiger partial charge in [0, 0.05) is 18.0 Å². The summed E-state index contributed by atoms with van der Waals surface area (Å²) >= 11 is 1.98. The van der Waals surface area contributed by atoms with E-state index in [1.807, 2.05) is 11.8 Å². The summed E-state index contributed by atoms with van der Waals surface area (Å²) in [6, 6.07) is 6.62. The second kappa shape index (κ2) is 8.49. The zero-order valence-corrected chi connectivity index (χ0v) is 13.6. The minimum absolute atomic E-state index is 0.272. The maximum Gasteiger partial charge on any atom is 0.0724 e. The normalized spacial score (nSPS) is 11.3. The molecule has 1 N–H and O–H groups in total. The van der Waals surface area contributed by atoms with Crippen molar-refractivity contribution in [1.82, 2.24) is 0 Å². The second-order valence-corrected chi connectivity index (χ2v) is 6.80. The number of ether oxygens (including phenoxy) is 1. The highest BCUT2D eigenvalue weighted by molar-refractivity contribution is 7.99. The van der Waals surface area contributed by atoms with Crippen molar-refractivity contribution in [2.24, 2.45) is 0 Å². The van der Waals surface area contributed by atoms with Crippen LogP contribution in [-0.2, 0) is 17.1 Å². The van der Waals surface area contributed by atoms with E-state index in [2.05, 4.69) is 58.1 Å². The van der Waals surface area contributed by atoms with Gasteiger partial charge in [0.05, 0.1) is 12.7 Å². The lowest BCUT2D eigenvalue weighted by atomic mass is 10.1. The fraction of sp³-hybridized carbons (Fsp3) is 0.625. The summed E-state index contributed by atoms with van der Waals surface area (Å²) in [6.45, 7) is 12.4. The molecule has 3 heteroatoms. The molecule has 0 spiro atoms. The van der Waals surface area contributed by atoms with Gasteiger partial charge in [0.1, 0.15) is 0 Å². The Bertz CT molecular complexity index is 377. The van der Waals surface area contributed by atoms with Crippen LogP contribution in [0.1, 0.15) is 45.7 Å². The Labute approximate surface area is 122 Å². The van der Waals surface area contributed by atoms with Crippen molar-refractivity contribution in [3.05, 3.63) is 29.3 Å². The van der Waals surface area contributed by atoms with Gasteiger partial charge >= 0.3 is 0 Å². The minimum atomic E-state index is 0.272. The predicted molar refractivity (Wildman–Crippen MR) is 87.0 cm³/mol. The van der Waals surface area contributed by atoms with Crippen LogP contribution in [0, 0.1) is 0 Å². The lowest BCUT2D eigenvalue weighted by molar-refractivity contribution is 0.0654. The van der Waals surface area contributed by atoms with E-state index in [1.165, 1.54) is 16.8 Å². The van der Waals surface area contributed by atoms with E-state index in [4.69, 9.17) is 4.74 Å². The zero-order chi connectivity index (χ0) is 14.3. The largest absolute Gasteiger partial charge is 0.385 e. The van der Waals surface area contributed by atoms with E-state index in [0.29, 0.717) is 11.9 Å². The molecule has 0 aliphatic heterocycles. The molecule has 1 rings (SSSR count). The lowest BCUT2D eigenvalue weighted by Crippen LogP contribution is -2.06. The number of anilines is 1. The molecule has 0 saturated carbocycles. The van der Waals surface area contributed by atoms with E-state index in [0.717, 1.165) is 12.3 Å². The van der Waals surface area contributed by atoms with E-state index in [9.17, 15) is 0 Å². The summed E-state index contributed by atoms with van der Waals surface area (Å²) in [5.74, 6) is 1.06. The molecule has 0 fully saturated rings. The van der Waals surface area contributed by atoms with Crippen molar-refractivity contribution < 1.29 is 4.74 Å². The average molecular weight is 281 g/mol. The van der Waals surface area contributed by atoms with E-state index < -0.39 is 0 Å². The Kier molecular flexibility index (Phi) is 7.32. The van der Waals surface area contributed by atoms with Gasteiger partial charge in [-0.1, -0.05) is 19.9 Å². The number of benzene rings is 1. The molecule has 0 aliphatic rings. The van der Waals surface area contributed by atoms with Crippen molar-refractivity contribution >= 4 is 17.4 Å². The van der Waals surface area contributed by atoms with Crippen LogP contribution in [0.5, 0.6) is 0 Å². The molecule has 1 aromatic rings. The molecule has 1 aromatic carbocycles. The first-order valence-corrected chi connectivity index (χ1v) is 8.16. The molecule has 0 atom stereocenters. The van der Waals surface area contributed by atoms with Crippen LogP contribution in [0.15, 0.2) is 18.2 Å². The van der Waals surface area contributed by atoms with Crippen LogP contribution in [0.4, 0.5) is 5.69 Å². The molecule has 0 bridgehead atoms. The van der Waals surface area contributed by atoms with Gasteiger partial charge in [-0.05, 0) is 49.3 Å². The van der Waals surface area contributed by atoms with Crippen LogP contribution in [-0.4, -0.2) is 17.9 Å². The first-order valence-electron chi connectivity index (χ1n) is 7.11. The van der Waals surface area contributed by atoms with Crippen LogP contribution in [0.25, 0.3) is 0 Å². The Balaban J connectivity index is 2.80. The van der Waals surface area contributed by atoms with Gasteiger partial charge in [-0.15, -0.1) is 0 Å². The number of thioether (sulfide) groups is 1. The summed E-state index contributed by atoms with van der Waals surface area (Å²) in [5, 5.41) is 4.02. The molecular weight excluding hydrogens is 254 g/mol. The van der Waals surface area contributed by atoms with E-state index in [1.54, 1.807) is 0 Å². The van der Waals surface area contributed by atoms with Crippen molar-refractivity contribution in [3.8, 4) is 0 Å². The van der Waals surface area contributed by atoms with Gasteiger partial charge in [-0.2, -0.15) is 11.8 Å². The highest BCUT2D eigenvalue weighted by atomic mass is 32.2. The Morgan fingerprint density at radius 3 is 2.47 bits per heavy atom. The van der Waals surface area contributed by atoms with Crippen LogP contribution in [0.2, 0.25) is 0 Å². The number of hydrogen-bond donors (Lipinski definition) is 1.